The van der Waals surface area contributed by atoms with Crippen molar-refractivity contribution in [2.24, 2.45) is 0 Å². The van der Waals surface area contributed by atoms with Crippen LogP contribution in [0.5, 0.6) is 0 Å². The van der Waals surface area contributed by atoms with Crippen LogP contribution in [-0.2, 0) is 5.11 Å². The molecule has 0 aromatic rings. The van der Waals surface area contributed by atoms with Crippen LogP contribution in [0.3, 0.4) is 0 Å². The van der Waals surface area contributed by atoms with E-state index < -0.39 is 36.0 Å². The van der Waals surface area contributed by atoms with Crippen molar-refractivity contribution in [2.75, 3.05) is 0 Å². The van der Waals surface area contributed by atoms with Crippen LogP contribution >= 0.6 is 0 Å². The van der Waals surface area contributed by atoms with E-state index in [1.165, 1.54) is 0 Å². The number of hydrogen-bond acceptors (Lipinski definition) is 0. The van der Waals surface area contributed by atoms with E-state index in [0.29, 0.717) is 0 Å². The summed E-state index contributed by atoms with van der Waals surface area (Å²) in [6.07, 6.45) is -22.8. The van der Waals surface area contributed by atoms with Crippen molar-refractivity contribution in [2.45, 2.75) is 36.0 Å². The first-order valence-electron chi connectivity index (χ1n) is 3.91. The largest absolute Gasteiger partial charge is 0.451 e. The topological polar surface area (TPSA) is 19.9 Å². The second kappa shape index (κ2) is 4.27. The van der Waals surface area contributed by atoms with Gasteiger partial charge in [-0.2, -0.15) is 57.8 Å². The highest BCUT2D eigenvalue weighted by Crippen LogP contribution is 2.61. The molecule has 0 amide bonds. The highest BCUT2D eigenvalue weighted by molar-refractivity contribution is 5.12. The van der Waals surface area contributed by atoms with E-state index in [9.17, 15) is 62.2 Å². The zero-order valence-electron chi connectivity index (χ0n) is 8.32. The molecule has 0 aliphatic rings. The van der Waals surface area contributed by atoms with Crippen molar-refractivity contribution in [3.63, 3.8) is 0 Å². The van der Waals surface area contributed by atoms with E-state index in [2.05, 4.69) is 0 Å². The minimum atomic E-state index is -8.11. The molecule has 0 rings (SSSR count). The molecule has 0 fully saturated rings. The van der Waals surface area contributed by atoms with Gasteiger partial charge in [-0.1, -0.05) is 0 Å². The molecule has 0 saturated carbocycles. The van der Waals surface area contributed by atoms with Crippen LogP contribution in [0.4, 0.5) is 57.1 Å². The molecule has 1 nitrogen and oxygen atoms in total. The highest BCUT2D eigenvalue weighted by atomic mass is 19.4. The van der Waals surface area contributed by atoms with Gasteiger partial charge in [0.05, 0.1) is 0 Å². The maximum atomic E-state index is 12.7. The molecule has 0 heterocycles. The van der Waals surface area contributed by atoms with Gasteiger partial charge >= 0.3 is 36.0 Å². The molecule has 121 valence electrons. The van der Waals surface area contributed by atoms with Crippen molar-refractivity contribution < 1.29 is 62.2 Å². The summed E-state index contributed by atoms with van der Waals surface area (Å²) in [5, 5.41) is 9.41. The lowest BCUT2D eigenvalue weighted by molar-refractivity contribution is -0.472. The van der Waals surface area contributed by atoms with Gasteiger partial charge in [0.25, 0.3) is 0 Å². The Bertz CT molecular complexity index is 343. The third-order valence-corrected chi connectivity index (χ3v) is 1.97. The van der Waals surface area contributed by atoms with Gasteiger partial charge in [0.1, 0.15) is 0 Å². The first-order valence-corrected chi connectivity index (χ1v) is 3.91. The third kappa shape index (κ3) is 2.26. The summed E-state index contributed by atoms with van der Waals surface area (Å²) in [6.45, 7) is 0. The zero-order valence-corrected chi connectivity index (χ0v) is 8.32. The Balaban J connectivity index is 6.38. The smallest absolute Gasteiger partial charge is 0.216 e. The predicted molar refractivity (Wildman–Crippen MR) is 31.5 cm³/mol. The summed E-state index contributed by atoms with van der Waals surface area (Å²) in [6, 6.07) is 0. The van der Waals surface area contributed by atoms with Gasteiger partial charge in [-0.05, 0) is 0 Å². The van der Waals surface area contributed by atoms with Crippen LogP contribution in [0, 0.1) is 0 Å². The summed E-state index contributed by atoms with van der Waals surface area (Å²) in [5.74, 6) is -15.9. The molecule has 0 aromatic heterocycles. The summed E-state index contributed by atoms with van der Waals surface area (Å²) in [5.41, 5.74) is -8.05. The standard InChI is InChI=1S/C6F13O/c7-1(4(12,13)14,5(15,16)17)2(8,9)3(10,11)6(18,19)20. The molecular formula is C6F13O. The predicted octanol–water partition coefficient (Wildman–Crippen LogP) is 4.11. The quantitative estimate of drug-likeness (QED) is 0.692. The molecule has 0 aliphatic heterocycles. The number of rotatable bonds is 3. The van der Waals surface area contributed by atoms with Crippen molar-refractivity contribution in [1.82, 2.24) is 0 Å². The average molecular weight is 335 g/mol. The molecule has 1 radical (unpaired) electrons. The van der Waals surface area contributed by atoms with Crippen LogP contribution in [0.1, 0.15) is 0 Å². The minimum absolute atomic E-state index is 7.30. The maximum absolute atomic E-state index is 12.7. The zero-order chi connectivity index (χ0) is 17.0. The Hall–Kier alpha value is -0.950. The Morgan fingerprint density at radius 2 is 0.700 bits per heavy atom. The van der Waals surface area contributed by atoms with E-state index in [4.69, 9.17) is 0 Å². The molecule has 0 aromatic carbocycles. The monoisotopic (exact) mass is 335 g/mol. The molecule has 0 bridgehead atoms. The third-order valence-electron chi connectivity index (χ3n) is 1.97. The summed E-state index contributed by atoms with van der Waals surface area (Å²) < 4.78 is 156. The SMILES string of the molecule is [O]C(F)(F)C(F)(F)C(F)(F)C(F)(C(F)(F)F)C(F)(F)F. The second-order valence-corrected chi connectivity index (χ2v) is 3.32. The van der Waals surface area contributed by atoms with Gasteiger partial charge in [-0.15, -0.1) is 0 Å². The van der Waals surface area contributed by atoms with Gasteiger partial charge in [-0.3, -0.25) is 0 Å². The highest BCUT2D eigenvalue weighted by Gasteiger charge is 2.93. The van der Waals surface area contributed by atoms with E-state index in [1.54, 1.807) is 0 Å². The Morgan fingerprint density at radius 1 is 0.450 bits per heavy atom. The summed E-state index contributed by atoms with van der Waals surface area (Å²) in [4.78, 5) is 0. The van der Waals surface area contributed by atoms with Crippen LogP contribution in [0.2, 0.25) is 0 Å². The van der Waals surface area contributed by atoms with E-state index >= 15 is 0 Å². The van der Waals surface area contributed by atoms with Gasteiger partial charge < -0.3 is 0 Å². The van der Waals surface area contributed by atoms with Crippen molar-refractivity contribution >= 4 is 0 Å². The molecule has 14 heteroatoms. The molecule has 0 aliphatic carbocycles. The minimum Gasteiger partial charge on any atom is -0.216 e. The van der Waals surface area contributed by atoms with Crippen molar-refractivity contribution in [3.8, 4) is 0 Å². The van der Waals surface area contributed by atoms with Crippen LogP contribution < -0.4 is 0 Å². The van der Waals surface area contributed by atoms with Gasteiger partial charge in [0.15, 0.2) is 0 Å². The Morgan fingerprint density at radius 3 is 0.850 bits per heavy atom. The van der Waals surface area contributed by atoms with E-state index in [-0.39, 0.29) is 0 Å². The van der Waals surface area contributed by atoms with Crippen molar-refractivity contribution in [3.05, 3.63) is 0 Å². The lowest BCUT2D eigenvalue weighted by Crippen LogP contribution is -2.73. The first-order chi connectivity index (χ1) is 8.25. The van der Waals surface area contributed by atoms with E-state index in [0.717, 1.165) is 0 Å². The summed E-state index contributed by atoms with van der Waals surface area (Å²) in [7, 11) is 0. The van der Waals surface area contributed by atoms with Crippen LogP contribution in [0.15, 0.2) is 0 Å². The second-order valence-electron chi connectivity index (χ2n) is 3.32. The maximum Gasteiger partial charge on any atom is 0.451 e. The van der Waals surface area contributed by atoms with Crippen molar-refractivity contribution in [1.29, 1.82) is 0 Å². The Labute approximate surface area is 99.5 Å². The molecule has 0 spiro atoms. The lowest BCUT2D eigenvalue weighted by atomic mass is 9.90. The fourth-order valence-corrected chi connectivity index (χ4v) is 0.916. The molecule has 0 saturated heterocycles. The van der Waals surface area contributed by atoms with Gasteiger partial charge in [0, 0.05) is 0 Å². The van der Waals surface area contributed by atoms with E-state index in [1.807, 2.05) is 0 Å². The number of hydrogen-bond donors (Lipinski definition) is 0. The fraction of sp³-hybridized carbons (Fsp3) is 1.00. The van der Waals surface area contributed by atoms with Crippen LogP contribution in [-0.4, -0.2) is 36.0 Å². The first kappa shape index (κ1) is 19.1. The average Bonchev–Trinajstić information content (AvgIpc) is 2.10. The molecule has 0 atom stereocenters. The molecule has 0 unspecified atom stereocenters. The van der Waals surface area contributed by atoms with Gasteiger partial charge in [0.2, 0.25) is 0 Å². The number of alkyl halides is 13. The van der Waals surface area contributed by atoms with Crippen LogP contribution in [0.25, 0.3) is 0 Å². The Kier molecular flexibility index (Phi) is 4.07. The van der Waals surface area contributed by atoms with Gasteiger partial charge in [-0.25, -0.2) is 4.39 Å². The lowest BCUT2D eigenvalue weighted by Gasteiger charge is -2.39. The summed E-state index contributed by atoms with van der Waals surface area (Å²) >= 11 is 0. The molecular weight excluding hydrogens is 335 g/mol. The number of halogens is 13. The molecule has 0 N–H and O–H groups in total. The fourth-order valence-electron chi connectivity index (χ4n) is 0.916. The normalized spacial score (nSPS) is 16.5. The molecule has 20 heavy (non-hydrogen) atoms.